The molecule has 0 bridgehead atoms. The molecule has 3 N–H and O–H groups in total. The van der Waals surface area contributed by atoms with Crippen molar-refractivity contribution in [2.75, 3.05) is 13.1 Å². The highest BCUT2D eigenvalue weighted by atomic mass is 14.9. The average Bonchev–Trinajstić information content (AvgIpc) is 3.19. The van der Waals surface area contributed by atoms with Gasteiger partial charge in [-0.25, -0.2) is 0 Å². The first-order valence-corrected chi connectivity index (χ1v) is 20.1. The van der Waals surface area contributed by atoms with E-state index in [-0.39, 0.29) is 0 Å². The minimum absolute atomic E-state index is 0.479. The topological polar surface area (TPSA) is 38.0 Å². The molecule has 3 unspecified atom stereocenters. The van der Waals surface area contributed by atoms with Gasteiger partial charge in [0.2, 0.25) is 0 Å². The summed E-state index contributed by atoms with van der Waals surface area (Å²) in [6.07, 6.45) is 51.7. The van der Waals surface area contributed by atoms with Crippen LogP contribution in [0.3, 0.4) is 0 Å². The van der Waals surface area contributed by atoms with Crippen LogP contribution in [0.25, 0.3) is 0 Å². The van der Waals surface area contributed by atoms with Crippen molar-refractivity contribution in [3.05, 3.63) is 152 Å². The summed E-state index contributed by atoms with van der Waals surface area (Å²) >= 11 is 0. The van der Waals surface area contributed by atoms with E-state index in [4.69, 9.17) is 5.73 Å². The monoisotopic (exact) mass is 664 g/mol. The Balaban J connectivity index is 1.18. The zero-order valence-electron chi connectivity index (χ0n) is 30.9. The van der Waals surface area contributed by atoms with Gasteiger partial charge in [-0.15, -0.1) is 0 Å². The summed E-state index contributed by atoms with van der Waals surface area (Å²) < 4.78 is 0. The van der Waals surface area contributed by atoms with Crippen LogP contribution in [0.4, 0.5) is 0 Å². The molecule has 3 atom stereocenters. The minimum Gasteiger partial charge on any atom is -0.330 e. The quantitative estimate of drug-likeness (QED) is 0.228. The molecule has 0 amide bonds. The number of nitrogens with two attached hydrogens (primary N) is 1. The van der Waals surface area contributed by atoms with Crippen molar-refractivity contribution >= 4 is 0 Å². The summed E-state index contributed by atoms with van der Waals surface area (Å²) in [6, 6.07) is 0.479. The molecule has 0 aliphatic heterocycles. The Bertz CT molecular complexity index is 1720. The summed E-state index contributed by atoms with van der Waals surface area (Å²) in [6.45, 7) is 6.33. The van der Waals surface area contributed by atoms with Crippen molar-refractivity contribution < 1.29 is 0 Å². The summed E-state index contributed by atoms with van der Waals surface area (Å²) in [4.78, 5) is 0. The van der Waals surface area contributed by atoms with Crippen LogP contribution in [0.1, 0.15) is 110 Å². The van der Waals surface area contributed by atoms with Gasteiger partial charge >= 0.3 is 0 Å². The number of fused-ring (bicyclic) bond motifs is 1. The lowest BCUT2D eigenvalue weighted by atomic mass is 9.77. The molecule has 0 heterocycles. The van der Waals surface area contributed by atoms with E-state index >= 15 is 0 Å². The summed E-state index contributed by atoms with van der Waals surface area (Å²) in [5, 5.41) is 4.01. The van der Waals surface area contributed by atoms with E-state index in [9.17, 15) is 0 Å². The van der Waals surface area contributed by atoms with Crippen LogP contribution in [0.2, 0.25) is 0 Å². The first-order valence-electron chi connectivity index (χ1n) is 20.1. The molecular formula is C48H60N2. The molecule has 50 heavy (non-hydrogen) atoms. The normalized spacial score (nSPS) is 27.8. The number of hydrogen-bond acceptors (Lipinski definition) is 2. The lowest BCUT2D eigenvalue weighted by molar-refractivity contribution is 0.541. The first kappa shape index (κ1) is 35.0. The lowest BCUT2D eigenvalue weighted by Gasteiger charge is -2.29. The van der Waals surface area contributed by atoms with E-state index in [0.29, 0.717) is 17.9 Å². The highest BCUT2D eigenvalue weighted by Gasteiger charge is 2.25. The highest BCUT2D eigenvalue weighted by molar-refractivity contribution is 5.60. The molecule has 7 rings (SSSR count). The predicted molar refractivity (Wildman–Crippen MR) is 215 cm³/mol. The maximum atomic E-state index is 6.05. The third-order valence-corrected chi connectivity index (χ3v) is 12.5. The summed E-state index contributed by atoms with van der Waals surface area (Å²) in [7, 11) is 0. The Morgan fingerprint density at radius 1 is 0.800 bits per heavy atom. The molecule has 2 heteroatoms. The van der Waals surface area contributed by atoms with E-state index in [2.05, 4.69) is 104 Å². The number of allylic oxidation sites excluding steroid dienone is 22. The fourth-order valence-corrected chi connectivity index (χ4v) is 9.35. The van der Waals surface area contributed by atoms with Gasteiger partial charge in [0.05, 0.1) is 0 Å². The van der Waals surface area contributed by atoms with Crippen LogP contribution in [0.5, 0.6) is 0 Å². The van der Waals surface area contributed by atoms with E-state index in [1.165, 1.54) is 72.8 Å². The SMILES string of the molecule is CCC(CN)C1=CCC(C2=CC=C(/C(C)=C3\C=CCC\C3=C(\CNC3C=CCCC3)C3=CC=C(C4=C5C=CCCC5=CCC4)CC3)CC2)C=C1. The van der Waals surface area contributed by atoms with Crippen molar-refractivity contribution in [1.82, 2.24) is 5.32 Å². The lowest BCUT2D eigenvalue weighted by Crippen LogP contribution is -2.31. The van der Waals surface area contributed by atoms with Gasteiger partial charge in [-0.2, -0.15) is 0 Å². The molecule has 0 saturated heterocycles. The molecule has 2 nitrogen and oxygen atoms in total. The van der Waals surface area contributed by atoms with Gasteiger partial charge in [-0.1, -0.05) is 97.6 Å². The molecule has 7 aliphatic carbocycles. The van der Waals surface area contributed by atoms with Gasteiger partial charge in [0, 0.05) is 18.5 Å². The Morgan fingerprint density at radius 3 is 2.40 bits per heavy atom. The number of nitrogens with one attached hydrogen (secondary N) is 1. The molecule has 0 fully saturated rings. The fourth-order valence-electron chi connectivity index (χ4n) is 9.35. The Hall–Kier alpha value is -3.46. The largest absolute Gasteiger partial charge is 0.330 e. The van der Waals surface area contributed by atoms with Crippen molar-refractivity contribution in [2.45, 2.75) is 116 Å². The first-order chi connectivity index (χ1) is 24.6. The van der Waals surface area contributed by atoms with Crippen LogP contribution >= 0.6 is 0 Å². The highest BCUT2D eigenvalue weighted by Crippen LogP contribution is 2.42. The van der Waals surface area contributed by atoms with E-state index in [1.807, 2.05) is 0 Å². The molecule has 0 saturated carbocycles. The zero-order valence-corrected chi connectivity index (χ0v) is 30.9. The molecule has 0 aromatic carbocycles. The second-order valence-corrected chi connectivity index (χ2v) is 15.4. The van der Waals surface area contributed by atoms with Gasteiger partial charge in [-0.3, -0.25) is 0 Å². The molecule has 7 aliphatic rings. The van der Waals surface area contributed by atoms with Crippen molar-refractivity contribution in [3.63, 3.8) is 0 Å². The van der Waals surface area contributed by atoms with Crippen molar-refractivity contribution in [1.29, 1.82) is 0 Å². The van der Waals surface area contributed by atoms with Gasteiger partial charge < -0.3 is 11.1 Å². The van der Waals surface area contributed by atoms with Crippen LogP contribution in [-0.4, -0.2) is 19.1 Å². The molecular weight excluding hydrogens is 605 g/mol. The van der Waals surface area contributed by atoms with E-state index in [0.717, 1.165) is 64.5 Å². The zero-order chi connectivity index (χ0) is 34.3. The van der Waals surface area contributed by atoms with Gasteiger partial charge in [0.1, 0.15) is 0 Å². The molecule has 262 valence electrons. The number of hydrogen-bond donors (Lipinski definition) is 2. The second kappa shape index (κ2) is 16.7. The van der Waals surface area contributed by atoms with Crippen LogP contribution < -0.4 is 11.1 Å². The van der Waals surface area contributed by atoms with Crippen LogP contribution in [0, 0.1) is 11.8 Å². The molecule has 0 spiro atoms. The fraction of sp³-hybridized carbons (Fsp3) is 0.458. The van der Waals surface area contributed by atoms with Gasteiger partial charge in [0.25, 0.3) is 0 Å². The summed E-state index contributed by atoms with van der Waals surface area (Å²) in [5.41, 5.74) is 24.5. The third-order valence-electron chi connectivity index (χ3n) is 12.5. The molecule has 0 aromatic heterocycles. The van der Waals surface area contributed by atoms with E-state index < -0.39 is 0 Å². The Labute approximate surface area is 303 Å². The van der Waals surface area contributed by atoms with Gasteiger partial charge in [-0.05, 0) is 177 Å². The maximum Gasteiger partial charge on any atom is 0.0253 e. The Morgan fingerprint density at radius 2 is 1.66 bits per heavy atom. The second-order valence-electron chi connectivity index (χ2n) is 15.4. The smallest absolute Gasteiger partial charge is 0.0253 e. The average molecular weight is 665 g/mol. The van der Waals surface area contributed by atoms with Crippen molar-refractivity contribution in [3.8, 4) is 0 Å². The van der Waals surface area contributed by atoms with E-state index in [1.54, 1.807) is 39.0 Å². The standard InChI is InChI=1S/C48H60N2/c1-3-35(32-49)37-24-26-39(27-25-37)38-22-20-36(21-23-38)34(2)44-16-9-10-18-47(44)48(33-50-43-14-5-4-6-15-43)42-30-28-41(29-31-42)46-19-11-13-40-12-7-8-17-45(40)46/h5,8-9,13-14,16-17,20,22,24-26,28,30,35,39,43,50H,3-4,6-7,10-12,15,18-19,21,23,27,29,31-33,49H2,1-2H3/b44-34+,48-47+. The number of rotatable bonds is 10. The Kier molecular flexibility index (Phi) is 11.7. The van der Waals surface area contributed by atoms with Crippen molar-refractivity contribution in [2.24, 2.45) is 17.6 Å². The third kappa shape index (κ3) is 7.88. The van der Waals surface area contributed by atoms with Crippen LogP contribution in [0.15, 0.2) is 152 Å². The maximum absolute atomic E-state index is 6.05. The molecule has 0 aromatic rings. The molecule has 0 radical (unpaired) electrons. The predicted octanol–water partition coefficient (Wildman–Crippen LogP) is 11.8. The summed E-state index contributed by atoms with van der Waals surface area (Å²) in [5.74, 6) is 1.02. The van der Waals surface area contributed by atoms with Crippen LogP contribution in [-0.2, 0) is 0 Å². The van der Waals surface area contributed by atoms with Gasteiger partial charge in [0.15, 0.2) is 0 Å². The minimum atomic E-state index is 0.479.